The monoisotopic (exact) mass is 275 g/mol. The molecule has 0 atom stereocenters. The molecule has 0 heterocycles. The molecule has 0 spiro atoms. The number of carbonyl (C=O) groups is 1. The number of aryl methyl sites for hydroxylation is 1. The molecule has 0 saturated heterocycles. The maximum absolute atomic E-state index is 12.3. The van der Waals surface area contributed by atoms with E-state index in [1.807, 2.05) is 30.3 Å². The van der Waals surface area contributed by atoms with Crippen LogP contribution in [0.5, 0.6) is 0 Å². The van der Waals surface area contributed by atoms with Gasteiger partial charge in [0.15, 0.2) is 0 Å². The van der Waals surface area contributed by atoms with E-state index in [1.165, 1.54) is 0 Å². The summed E-state index contributed by atoms with van der Waals surface area (Å²) in [5.74, 6) is -1.25. The quantitative estimate of drug-likeness (QED) is 0.831. The van der Waals surface area contributed by atoms with E-state index in [1.54, 1.807) is 0 Å². The molecule has 0 aliphatic carbocycles. The van der Waals surface area contributed by atoms with Gasteiger partial charge < -0.3 is 5.11 Å². The molecule has 0 bridgehead atoms. The zero-order valence-electron chi connectivity index (χ0n) is 10.4. The first kappa shape index (κ1) is 15.5. The summed E-state index contributed by atoms with van der Waals surface area (Å²) >= 11 is 0. The Kier molecular flexibility index (Phi) is 5.82. The number of nitrogens with zero attached hydrogens (tertiary/aromatic N) is 1. The van der Waals surface area contributed by atoms with Crippen molar-refractivity contribution < 1.29 is 23.1 Å². The minimum atomic E-state index is -4.37. The molecule has 1 N–H and O–H groups in total. The Hall–Kier alpha value is -1.56. The fourth-order valence-electron chi connectivity index (χ4n) is 1.81. The van der Waals surface area contributed by atoms with Crippen LogP contribution in [0.1, 0.15) is 12.0 Å². The molecule has 19 heavy (non-hydrogen) atoms. The average molecular weight is 275 g/mol. The lowest BCUT2D eigenvalue weighted by Crippen LogP contribution is -2.38. The first-order chi connectivity index (χ1) is 8.87. The summed E-state index contributed by atoms with van der Waals surface area (Å²) in [6.45, 7) is -1.66. The van der Waals surface area contributed by atoms with E-state index in [0.717, 1.165) is 10.5 Å². The van der Waals surface area contributed by atoms with Gasteiger partial charge in [0.2, 0.25) is 0 Å². The van der Waals surface area contributed by atoms with Crippen LogP contribution in [0.4, 0.5) is 13.2 Å². The van der Waals surface area contributed by atoms with E-state index >= 15 is 0 Å². The largest absolute Gasteiger partial charge is 0.480 e. The van der Waals surface area contributed by atoms with Crippen LogP contribution in [0.3, 0.4) is 0 Å². The number of rotatable bonds is 7. The Balaban J connectivity index is 2.42. The van der Waals surface area contributed by atoms with Crippen molar-refractivity contribution in [3.05, 3.63) is 35.9 Å². The molecule has 6 heteroatoms. The molecule has 0 fully saturated rings. The van der Waals surface area contributed by atoms with Crippen molar-refractivity contribution in [1.82, 2.24) is 4.90 Å². The molecule has 0 aromatic heterocycles. The predicted molar refractivity (Wildman–Crippen MR) is 64.9 cm³/mol. The third-order valence-electron chi connectivity index (χ3n) is 2.54. The summed E-state index contributed by atoms with van der Waals surface area (Å²) < 4.78 is 36.8. The second-order valence-electron chi connectivity index (χ2n) is 4.31. The molecule has 0 radical (unpaired) electrons. The SMILES string of the molecule is O=C(O)CN(CCCc1ccccc1)CC(F)(F)F. The lowest BCUT2D eigenvalue weighted by Gasteiger charge is -2.21. The summed E-state index contributed by atoms with van der Waals surface area (Å²) in [7, 11) is 0. The molecular weight excluding hydrogens is 259 g/mol. The molecule has 106 valence electrons. The highest BCUT2D eigenvalue weighted by Gasteiger charge is 2.31. The van der Waals surface area contributed by atoms with Gasteiger partial charge in [0, 0.05) is 0 Å². The van der Waals surface area contributed by atoms with E-state index in [-0.39, 0.29) is 6.54 Å². The van der Waals surface area contributed by atoms with Crippen LogP contribution in [-0.4, -0.2) is 41.8 Å². The molecule has 0 unspecified atom stereocenters. The van der Waals surface area contributed by atoms with Crippen molar-refractivity contribution in [2.45, 2.75) is 19.0 Å². The molecule has 0 aliphatic heterocycles. The van der Waals surface area contributed by atoms with Gasteiger partial charge >= 0.3 is 12.1 Å². The Labute approximate surface area is 109 Å². The molecule has 0 saturated carbocycles. The zero-order valence-corrected chi connectivity index (χ0v) is 10.4. The normalized spacial score (nSPS) is 11.8. The van der Waals surface area contributed by atoms with Crippen molar-refractivity contribution >= 4 is 5.97 Å². The number of alkyl halides is 3. The highest BCUT2D eigenvalue weighted by atomic mass is 19.4. The lowest BCUT2D eigenvalue weighted by atomic mass is 10.1. The third kappa shape index (κ3) is 7.46. The number of hydrogen-bond acceptors (Lipinski definition) is 2. The van der Waals surface area contributed by atoms with Crippen LogP contribution >= 0.6 is 0 Å². The van der Waals surface area contributed by atoms with E-state index in [4.69, 9.17) is 5.11 Å². The summed E-state index contributed by atoms with van der Waals surface area (Å²) in [5.41, 5.74) is 1.03. The Morgan fingerprint density at radius 2 is 1.84 bits per heavy atom. The number of halogens is 3. The van der Waals surface area contributed by atoms with Crippen LogP contribution in [0.2, 0.25) is 0 Å². The lowest BCUT2D eigenvalue weighted by molar-refractivity contribution is -0.153. The molecule has 1 aromatic rings. The van der Waals surface area contributed by atoms with Crippen LogP contribution in [-0.2, 0) is 11.2 Å². The van der Waals surface area contributed by atoms with Crippen molar-refractivity contribution in [1.29, 1.82) is 0 Å². The number of aliphatic carboxylic acids is 1. The van der Waals surface area contributed by atoms with Gasteiger partial charge in [-0.1, -0.05) is 30.3 Å². The van der Waals surface area contributed by atoms with Gasteiger partial charge in [-0.15, -0.1) is 0 Å². The average Bonchev–Trinajstić information content (AvgIpc) is 2.27. The summed E-state index contributed by atoms with van der Waals surface area (Å²) in [4.78, 5) is 11.4. The van der Waals surface area contributed by atoms with Gasteiger partial charge in [-0.25, -0.2) is 0 Å². The van der Waals surface area contributed by atoms with E-state index in [9.17, 15) is 18.0 Å². The Morgan fingerprint density at radius 3 is 2.37 bits per heavy atom. The maximum Gasteiger partial charge on any atom is 0.401 e. The molecule has 0 aliphatic rings. The smallest absolute Gasteiger partial charge is 0.401 e. The third-order valence-corrected chi connectivity index (χ3v) is 2.54. The van der Waals surface area contributed by atoms with Crippen LogP contribution in [0.15, 0.2) is 30.3 Å². The van der Waals surface area contributed by atoms with Gasteiger partial charge in [0.05, 0.1) is 13.1 Å². The number of benzene rings is 1. The predicted octanol–water partition coefficient (Wildman–Crippen LogP) is 2.57. The summed E-state index contributed by atoms with van der Waals surface area (Å²) in [6.07, 6.45) is -3.25. The highest BCUT2D eigenvalue weighted by Crippen LogP contribution is 2.16. The number of hydrogen-bond donors (Lipinski definition) is 1. The fraction of sp³-hybridized carbons (Fsp3) is 0.462. The molecule has 1 aromatic carbocycles. The van der Waals surface area contributed by atoms with Gasteiger partial charge in [-0.05, 0) is 24.9 Å². The van der Waals surface area contributed by atoms with E-state index in [2.05, 4.69) is 0 Å². The van der Waals surface area contributed by atoms with E-state index < -0.39 is 25.2 Å². The number of carboxylic acids is 1. The van der Waals surface area contributed by atoms with Crippen LogP contribution < -0.4 is 0 Å². The van der Waals surface area contributed by atoms with Gasteiger partial charge in [-0.2, -0.15) is 13.2 Å². The molecular formula is C13H16F3NO2. The second kappa shape index (κ2) is 7.13. The minimum absolute atomic E-state index is 0.112. The molecule has 3 nitrogen and oxygen atoms in total. The summed E-state index contributed by atoms with van der Waals surface area (Å²) in [6, 6.07) is 9.38. The molecule has 0 amide bonds. The summed E-state index contributed by atoms with van der Waals surface area (Å²) in [5, 5.41) is 8.59. The number of carboxylic acid groups (broad SMARTS) is 1. The first-order valence-corrected chi connectivity index (χ1v) is 5.91. The van der Waals surface area contributed by atoms with Crippen LogP contribution in [0, 0.1) is 0 Å². The maximum atomic E-state index is 12.3. The second-order valence-corrected chi connectivity index (χ2v) is 4.31. The molecule has 1 rings (SSSR count). The standard InChI is InChI=1S/C13H16F3NO2/c14-13(15,16)10-17(9-12(18)19)8-4-7-11-5-2-1-3-6-11/h1-3,5-6H,4,7-10H2,(H,18,19). The van der Waals surface area contributed by atoms with Gasteiger partial charge in [0.1, 0.15) is 0 Å². The first-order valence-electron chi connectivity index (χ1n) is 5.91. The van der Waals surface area contributed by atoms with Crippen molar-refractivity contribution in [3.63, 3.8) is 0 Å². The van der Waals surface area contributed by atoms with Crippen LogP contribution in [0.25, 0.3) is 0 Å². The van der Waals surface area contributed by atoms with Gasteiger partial charge in [0.25, 0.3) is 0 Å². The van der Waals surface area contributed by atoms with Crippen molar-refractivity contribution in [2.24, 2.45) is 0 Å². The minimum Gasteiger partial charge on any atom is -0.480 e. The fourth-order valence-corrected chi connectivity index (χ4v) is 1.81. The van der Waals surface area contributed by atoms with E-state index in [0.29, 0.717) is 12.8 Å². The Morgan fingerprint density at radius 1 is 1.21 bits per heavy atom. The van der Waals surface area contributed by atoms with Crippen molar-refractivity contribution in [2.75, 3.05) is 19.6 Å². The van der Waals surface area contributed by atoms with Gasteiger partial charge in [-0.3, -0.25) is 9.69 Å². The zero-order chi connectivity index (χ0) is 14.3. The topological polar surface area (TPSA) is 40.5 Å². The Bertz CT molecular complexity index is 393. The van der Waals surface area contributed by atoms with Crippen molar-refractivity contribution in [3.8, 4) is 0 Å². The highest BCUT2D eigenvalue weighted by molar-refractivity contribution is 5.69.